The molecule has 1 heterocycles. The Morgan fingerprint density at radius 2 is 2.00 bits per heavy atom. The van der Waals surface area contributed by atoms with Crippen molar-refractivity contribution in [1.29, 1.82) is 0 Å². The Labute approximate surface area is 125 Å². The zero-order valence-corrected chi connectivity index (χ0v) is 11.8. The molecule has 1 aliphatic carbocycles. The molecule has 1 aromatic rings. The van der Waals surface area contributed by atoms with Crippen molar-refractivity contribution >= 4 is 12.1 Å². The van der Waals surface area contributed by atoms with E-state index in [2.05, 4.69) is 5.10 Å². The number of carbonyl (C=O) groups excluding carboxylic acids is 1. The summed E-state index contributed by atoms with van der Waals surface area (Å²) in [6, 6.07) is 7.54. The predicted molar refractivity (Wildman–Crippen MR) is 73.0 cm³/mol. The number of aliphatic hydroxyl groups is 1. The second kappa shape index (κ2) is 4.81. The third-order valence-electron chi connectivity index (χ3n) is 4.20. The Bertz CT molecular complexity index is 627. The molecule has 0 spiro atoms. The van der Waals surface area contributed by atoms with Crippen LogP contribution in [0.1, 0.15) is 29.9 Å². The Balaban J connectivity index is 1.76. The molecule has 4 nitrogen and oxygen atoms in total. The van der Waals surface area contributed by atoms with E-state index in [-0.39, 0.29) is 10.9 Å². The monoisotopic (exact) mass is 312 g/mol. The molecule has 3 unspecified atom stereocenters. The summed E-state index contributed by atoms with van der Waals surface area (Å²) in [7, 11) is 0. The van der Waals surface area contributed by atoms with E-state index in [4.69, 9.17) is 0 Å². The molecule has 0 radical (unpaired) electrons. The first kappa shape index (κ1) is 15.0. The second-order valence-corrected chi connectivity index (χ2v) is 5.83. The molecule has 3 atom stereocenters. The average Bonchev–Trinajstić information content (AvgIpc) is 3.13. The summed E-state index contributed by atoms with van der Waals surface area (Å²) >= 11 is 0. The van der Waals surface area contributed by atoms with Crippen LogP contribution in [-0.4, -0.2) is 34.1 Å². The minimum absolute atomic E-state index is 0.110. The van der Waals surface area contributed by atoms with Gasteiger partial charge in [-0.05, 0) is 24.8 Å². The van der Waals surface area contributed by atoms with Gasteiger partial charge in [0.25, 0.3) is 5.72 Å². The molecule has 1 amide bonds. The lowest BCUT2D eigenvalue weighted by Gasteiger charge is -2.32. The van der Waals surface area contributed by atoms with E-state index in [1.54, 1.807) is 0 Å². The van der Waals surface area contributed by atoms with Crippen molar-refractivity contribution in [2.75, 3.05) is 0 Å². The minimum Gasteiger partial charge on any atom is -0.362 e. The van der Waals surface area contributed by atoms with E-state index in [1.165, 1.54) is 0 Å². The normalized spacial score (nSPS) is 30.7. The van der Waals surface area contributed by atoms with Gasteiger partial charge in [0.15, 0.2) is 0 Å². The summed E-state index contributed by atoms with van der Waals surface area (Å²) in [6.45, 7) is 1.93. The molecule has 118 valence electrons. The molecule has 0 bridgehead atoms. The van der Waals surface area contributed by atoms with Crippen LogP contribution in [0.25, 0.3) is 0 Å². The fourth-order valence-electron chi connectivity index (χ4n) is 2.71. The van der Waals surface area contributed by atoms with E-state index < -0.39 is 30.1 Å². The first-order valence-corrected chi connectivity index (χ1v) is 6.96. The van der Waals surface area contributed by atoms with Gasteiger partial charge in [0.05, 0.1) is 0 Å². The number of hydrogen-bond donors (Lipinski definition) is 1. The molecular weight excluding hydrogens is 297 g/mol. The highest BCUT2D eigenvalue weighted by Gasteiger charge is 2.63. The summed E-state index contributed by atoms with van der Waals surface area (Å²) in [5.41, 5.74) is -1.23. The highest BCUT2D eigenvalue weighted by molar-refractivity contribution is 5.85. The zero-order chi connectivity index (χ0) is 16.1. The molecule has 0 aromatic heterocycles. The number of aryl methyl sites for hydroxylation is 1. The van der Waals surface area contributed by atoms with E-state index in [0.717, 1.165) is 17.3 Å². The van der Waals surface area contributed by atoms with Gasteiger partial charge in [-0.3, -0.25) is 4.79 Å². The number of hydrazone groups is 1. The molecule has 0 saturated heterocycles. The number of halogens is 3. The Hall–Kier alpha value is -1.89. The van der Waals surface area contributed by atoms with Crippen molar-refractivity contribution in [3.05, 3.63) is 35.4 Å². The molecule has 7 heteroatoms. The molecule has 3 rings (SSSR count). The molecule has 2 aliphatic rings. The number of carbonyl (C=O) groups is 1. The number of alkyl halides is 3. The standard InChI is InChI=1S/C15H15F3N2O2/c1-9-2-4-10(5-3-9)11-8-12(11)13(21)20-14(22,6-7-19-20)15(16,17)18/h2-5,7,11-12,22H,6,8H2,1H3. The van der Waals surface area contributed by atoms with Gasteiger partial charge in [-0.1, -0.05) is 29.8 Å². The predicted octanol–water partition coefficient (Wildman–Crippen LogP) is 2.57. The van der Waals surface area contributed by atoms with Crippen molar-refractivity contribution in [3.63, 3.8) is 0 Å². The maximum atomic E-state index is 13.0. The largest absolute Gasteiger partial charge is 0.438 e. The molecule has 1 saturated carbocycles. The first-order chi connectivity index (χ1) is 10.2. The third kappa shape index (κ3) is 2.29. The number of benzene rings is 1. The second-order valence-electron chi connectivity index (χ2n) is 5.83. The van der Waals surface area contributed by atoms with E-state index >= 15 is 0 Å². The van der Waals surface area contributed by atoms with Crippen LogP contribution in [0.15, 0.2) is 29.4 Å². The smallest absolute Gasteiger partial charge is 0.362 e. The molecular formula is C15H15F3N2O2. The van der Waals surface area contributed by atoms with Crippen LogP contribution in [0.4, 0.5) is 13.2 Å². The quantitative estimate of drug-likeness (QED) is 0.912. The lowest BCUT2D eigenvalue weighted by molar-refractivity contribution is -0.302. The zero-order valence-electron chi connectivity index (χ0n) is 11.8. The van der Waals surface area contributed by atoms with Crippen LogP contribution in [-0.2, 0) is 4.79 Å². The van der Waals surface area contributed by atoms with Gasteiger partial charge in [-0.15, -0.1) is 0 Å². The number of rotatable bonds is 2. The molecule has 1 N–H and O–H groups in total. The third-order valence-corrected chi connectivity index (χ3v) is 4.20. The molecule has 1 aliphatic heterocycles. The van der Waals surface area contributed by atoms with Gasteiger partial charge in [-0.2, -0.15) is 23.3 Å². The van der Waals surface area contributed by atoms with E-state index in [0.29, 0.717) is 6.42 Å². The van der Waals surface area contributed by atoms with Crippen molar-refractivity contribution in [2.24, 2.45) is 11.0 Å². The maximum absolute atomic E-state index is 13.0. The number of amides is 1. The molecule has 22 heavy (non-hydrogen) atoms. The van der Waals surface area contributed by atoms with Crippen LogP contribution in [0, 0.1) is 12.8 Å². The van der Waals surface area contributed by atoms with Crippen LogP contribution < -0.4 is 0 Å². The van der Waals surface area contributed by atoms with Crippen molar-refractivity contribution in [3.8, 4) is 0 Å². The van der Waals surface area contributed by atoms with Gasteiger partial charge < -0.3 is 5.11 Å². The van der Waals surface area contributed by atoms with Gasteiger partial charge in [0.1, 0.15) is 0 Å². The number of nitrogens with zero attached hydrogens (tertiary/aromatic N) is 2. The molecule has 1 fully saturated rings. The summed E-state index contributed by atoms with van der Waals surface area (Å²) < 4.78 is 38.9. The summed E-state index contributed by atoms with van der Waals surface area (Å²) in [4.78, 5) is 12.3. The van der Waals surface area contributed by atoms with Crippen molar-refractivity contribution < 1.29 is 23.1 Å². The van der Waals surface area contributed by atoms with E-state index in [9.17, 15) is 23.1 Å². The first-order valence-electron chi connectivity index (χ1n) is 6.96. The lowest BCUT2D eigenvalue weighted by Crippen LogP contribution is -2.56. The fraction of sp³-hybridized carbons (Fsp3) is 0.467. The van der Waals surface area contributed by atoms with Gasteiger partial charge in [0.2, 0.25) is 5.91 Å². The fourth-order valence-corrected chi connectivity index (χ4v) is 2.71. The van der Waals surface area contributed by atoms with E-state index in [1.807, 2.05) is 31.2 Å². The topological polar surface area (TPSA) is 52.9 Å². The molecule has 1 aromatic carbocycles. The Morgan fingerprint density at radius 3 is 2.59 bits per heavy atom. The van der Waals surface area contributed by atoms with Gasteiger partial charge in [-0.25, -0.2) is 0 Å². The Morgan fingerprint density at radius 1 is 1.36 bits per heavy atom. The highest BCUT2D eigenvalue weighted by atomic mass is 19.4. The maximum Gasteiger partial charge on any atom is 0.438 e. The summed E-state index contributed by atoms with van der Waals surface area (Å²) in [5, 5.41) is 13.4. The summed E-state index contributed by atoms with van der Waals surface area (Å²) in [5.74, 6) is -1.45. The lowest BCUT2D eigenvalue weighted by atomic mass is 10.1. The van der Waals surface area contributed by atoms with Gasteiger partial charge in [0, 0.05) is 18.6 Å². The summed E-state index contributed by atoms with van der Waals surface area (Å²) in [6.07, 6.45) is -4.27. The van der Waals surface area contributed by atoms with Crippen LogP contribution >= 0.6 is 0 Å². The van der Waals surface area contributed by atoms with Crippen LogP contribution in [0.3, 0.4) is 0 Å². The van der Waals surface area contributed by atoms with Crippen LogP contribution in [0.2, 0.25) is 0 Å². The average molecular weight is 312 g/mol. The minimum atomic E-state index is -4.94. The van der Waals surface area contributed by atoms with Crippen molar-refractivity contribution in [1.82, 2.24) is 5.01 Å². The van der Waals surface area contributed by atoms with Crippen molar-refractivity contribution in [2.45, 2.75) is 37.6 Å². The number of hydrogen-bond acceptors (Lipinski definition) is 3. The SMILES string of the molecule is Cc1ccc(C2CC2C(=O)N2N=CCC2(O)C(F)(F)F)cc1. The highest BCUT2D eigenvalue weighted by Crippen LogP contribution is 2.50. The van der Waals surface area contributed by atoms with Gasteiger partial charge >= 0.3 is 6.18 Å². The van der Waals surface area contributed by atoms with Crippen LogP contribution in [0.5, 0.6) is 0 Å². The Kier molecular flexibility index (Phi) is 3.28.